The van der Waals surface area contributed by atoms with Crippen LogP contribution < -0.4 is 5.73 Å². The van der Waals surface area contributed by atoms with Crippen molar-refractivity contribution in [3.8, 4) is 12.1 Å². The summed E-state index contributed by atoms with van der Waals surface area (Å²) in [6.45, 7) is 4.00. The van der Waals surface area contributed by atoms with E-state index in [9.17, 15) is 10.5 Å². The molecular formula is C17H16Cl2N4O2. The maximum atomic E-state index is 10.1. The van der Waals surface area contributed by atoms with E-state index in [2.05, 4.69) is 17.1 Å². The molecule has 0 amide bonds. The summed E-state index contributed by atoms with van der Waals surface area (Å²) in [6.07, 6.45) is 0. The first-order valence-corrected chi connectivity index (χ1v) is 8.57. The minimum Gasteiger partial charge on any atom is -0.386 e. The van der Waals surface area contributed by atoms with Crippen LogP contribution in [0.5, 0.6) is 0 Å². The second-order valence-corrected chi connectivity index (χ2v) is 6.73. The number of fused-ring (bicyclic) bond motifs is 1. The number of aliphatic imine (C=N–C) groups is 1. The van der Waals surface area contributed by atoms with E-state index in [4.69, 9.17) is 38.4 Å². The maximum absolute atomic E-state index is 10.1. The third-order valence-corrected chi connectivity index (χ3v) is 5.44. The third kappa shape index (κ3) is 1.94. The van der Waals surface area contributed by atoms with Gasteiger partial charge in [-0.3, -0.25) is 0 Å². The number of nitrogens with two attached hydrogens (primary N) is 1. The molecule has 1 aromatic rings. The Labute approximate surface area is 155 Å². The highest BCUT2D eigenvalue weighted by Crippen LogP contribution is 2.82. The summed E-state index contributed by atoms with van der Waals surface area (Å²) in [4.78, 5) is 4.28. The average molecular weight is 379 g/mol. The van der Waals surface area contributed by atoms with Gasteiger partial charge >= 0.3 is 0 Å². The number of amidine groups is 1. The zero-order valence-electron chi connectivity index (χ0n) is 13.7. The molecule has 0 aromatic heterocycles. The Kier molecular flexibility index (Phi) is 4.21. The molecule has 8 heteroatoms. The molecule has 6 nitrogen and oxygen atoms in total. The first-order chi connectivity index (χ1) is 11.9. The van der Waals surface area contributed by atoms with Crippen LogP contribution in [0, 0.1) is 33.5 Å². The van der Waals surface area contributed by atoms with Crippen molar-refractivity contribution >= 4 is 29.0 Å². The van der Waals surface area contributed by atoms with E-state index in [0.29, 0.717) is 15.6 Å². The number of benzene rings is 1. The standard InChI is InChI=1S/C17H16Cl2N4O2/c1-3-24-17(25-4-2)16(9-21)13(15(16,8-20)14(22)23-17)11-6-5-10(18)7-12(11)19/h5-7,13H,3-4H2,1-2H3,(H2,22,23)/t13-,15-,16-/m1/s1. The molecule has 1 aliphatic heterocycles. The number of nitriles is 2. The maximum Gasteiger partial charge on any atom is 0.293 e. The summed E-state index contributed by atoms with van der Waals surface area (Å²) in [5.41, 5.74) is 3.94. The number of ether oxygens (including phenoxy) is 2. The summed E-state index contributed by atoms with van der Waals surface area (Å²) >= 11 is 12.3. The van der Waals surface area contributed by atoms with Gasteiger partial charge in [0, 0.05) is 29.2 Å². The van der Waals surface area contributed by atoms with E-state index >= 15 is 0 Å². The van der Waals surface area contributed by atoms with Crippen molar-refractivity contribution in [3.05, 3.63) is 33.8 Å². The number of rotatable bonds is 5. The zero-order valence-corrected chi connectivity index (χ0v) is 15.2. The molecule has 0 radical (unpaired) electrons. The molecule has 1 aromatic carbocycles. The van der Waals surface area contributed by atoms with Crippen LogP contribution in [0.15, 0.2) is 23.2 Å². The van der Waals surface area contributed by atoms with Crippen LogP contribution in [0.4, 0.5) is 0 Å². The Hall–Kier alpha value is -1.83. The van der Waals surface area contributed by atoms with Crippen molar-refractivity contribution in [2.75, 3.05) is 13.2 Å². The Bertz CT molecular complexity index is 838. The Morgan fingerprint density at radius 3 is 2.32 bits per heavy atom. The van der Waals surface area contributed by atoms with E-state index in [1.54, 1.807) is 32.0 Å². The van der Waals surface area contributed by atoms with Crippen molar-refractivity contribution < 1.29 is 9.47 Å². The molecule has 25 heavy (non-hydrogen) atoms. The molecule has 3 rings (SSSR count). The van der Waals surface area contributed by atoms with Crippen LogP contribution in [-0.4, -0.2) is 25.0 Å². The van der Waals surface area contributed by atoms with Crippen molar-refractivity contribution in [1.29, 1.82) is 10.5 Å². The molecule has 1 heterocycles. The van der Waals surface area contributed by atoms with Crippen molar-refractivity contribution in [2.45, 2.75) is 25.7 Å². The lowest BCUT2D eigenvalue weighted by atomic mass is 9.93. The predicted molar refractivity (Wildman–Crippen MR) is 92.9 cm³/mol. The van der Waals surface area contributed by atoms with Crippen LogP contribution in [0.1, 0.15) is 25.3 Å². The molecule has 1 aliphatic carbocycles. The third-order valence-electron chi connectivity index (χ3n) is 4.88. The van der Waals surface area contributed by atoms with Crippen LogP contribution in [0.25, 0.3) is 0 Å². The minimum atomic E-state index is -1.64. The fraction of sp³-hybridized carbons (Fsp3) is 0.471. The average Bonchev–Trinajstić information content (AvgIpc) is 3.13. The Balaban J connectivity index is 2.25. The highest BCUT2D eigenvalue weighted by atomic mass is 35.5. The summed E-state index contributed by atoms with van der Waals surface area (Å²) < 4.78 is 11.5. The Morgan fingerprint density at radius 1 is 1.20 bits per heavy atom. The lowest BCUT2D eigenvalue weighted by molar-refractivity contribution is -0.255. The van der Waals surface area contributed by atoms with Gasteiger partial charge in [-0.2, -0.15) is 10.5 Å². The van der Waals surface area contributed by atoms with Gasteiger partial charge in [0.25, 0.3) is 5.91 Å². The van der Waals surface area contributed by atoms with Gasteiger partial charge in [-0.1, -0.05) is 29.3 Å². The molecule has 3 atom stereocenters. The normalized spacial score (nSPS) is 31.6. The molecule has 1 saturated carbocycles. The SMILES string of the molecule is CCOC1(OCC)N=C(N)[C@@]2(C#N)[C@@H](c3ccc(Cl)cc3Cl)[C@@]12C#N. The summed E-state index contributed by atoms with van der Waals surface area (Å²) in [5, 5.41) is 20.8. The molecule has 0 bridgehead atoms. The minimum absolute atomic E-state index is 0.0227. The summed E-state index contributed by atoms with van der Waals surface area (Å²) in [7, 11) is 0. The highest BCUT2D eigenvalue weighted by molar-refractivity contribution is 6.35. The quantitative estimate of drug-likeness (QED) is 0.791. The van der Waals surface area contributed by atoms with Gasteiger partial charge in [-0.05, 0) is 31.5 Å². The number of hydrogen-bond acceptors (Lipinski definition) is 6. The first-order valence-electron chi connectivity index (χ1n) is 7.81. The van der Waals surface area contributed by atoms with Gasteiger partial charge < -0.3 is 15.2 Å². The van der Waals surface area contributed by atoms with Crippen LogP contribution in [0.3, 0.4) is 0 Å². The van der Waals surface area contributed by atoms with Crippen LogP contribution >= 0.6 is 23.2 Å². The Morgan fingerprint density at radius 2 is 1.84 bits per heavy atom. The molecule has 0 spiro atoms. The fourth-order valence-electron chi connectivity index (χ4n) is 3.95. The highest BCUT2D eigenvalue weighted by Gasteiger charge is 2.93. The number of hydrogen-bond donors (Lipinski definition) is 1. The lowest BCUT2D eigenvalue weighted by Crippen LogP contribution is -2.43. The predicted octanol–water partition coefficient (Wildman–Crippen LogP) is 3.21. The number of nitrogens with zero attached hydrogens (tertiary/aromatic N) is 3. The van der Waals surface area contributed by atoms with Gasteiger partial charge in [0.15, 0.2) is 5.41 Å². The van der Waals surface area contributed by atoms with Gasteiger partial charge in [0.05, 0.1) is 12.1 Å². The molecular weight excluding hydrogens is 363 g/mol. The number of halogens is 2. The van der Waals surface area contributed by atoms with E-state index in [0.717, 1.165) is 0 Å². The van der Waals surface area contributed by atoms with E-state index < -0.39 is 22.7 Å². The van der Waals surface area contributed by atoms with Crippen molar-refractivity contribution in [2.24, 2.45) is 21.6 Å². The molecule has 2 N–H and O–H groups in total. The monoisotopic (exact) mass is 378 g/mol. The van der Waals surface area contributed by atoms with E-state index in [1.807, 2.05) is 0 Å². The van der Waals surface area contributed by atoms with Gasteiger partial charge in [-0.25, -0.2) is 4.99 Å². The van der Waals surface area contributed by atoms with Crippen LogP contribution in [0.2, 0.25) is 10.0 Å². The molecule has 0 unspecified atom stereocenters. The topological polar surface area (TPSA) is 104 Å². The van der Waals surface area contributed by atoms with Gasteiger partial charge in [-0.15, -0.1) is 0 Å². The first kappa shape index (κ1) is 18.0. The summed E-state index contributed by atoms with van der Waals surface area (Å²) in [6, 6.07) is 9.34. The molecule has 130 valence electrons. The summed E-state index contributed by atoms with van der Waals surface area (Å²) in [5.74, 6) is -2.25. The molecule has 2 aliphatic rings. The van der Waals surface area contributed by atoms with E-state index in [1.165, 1.54) is 0 Å². The van der Waals surface area contributed by atoms with Crippen LogP contribution in [-0.2, 0) is 9.47 Å². The van der Waals surface area contributed by atoms with Crippen molar-refractivity contribution in [3.63, 3.8) is 0 Å². The smallest absolute Gasteiger partial charge is 0.293 e. The van der Waals surface area contributed by atoms with Crippen molar-refractivity contribution in [1.82, 2.24) is 0 Å². The second kappa shape index (κ2) is 5.86. The zero-order chi connectivity index (χ0) is 18.5. The molecule has 1 fully saturated rings. The largest absolute Gasteiger partial charge is 0.386 e. The second-order valence-electron chi connectivity index (χ2n) is 5.88. The lowest BCUT2D eigenvalue weighted by Gasteiger charge is -2.31. The van der Waals surface area contributed by atoms with E-state index in [-0.39, 0.29) is 19.0 Å². The van der Waals surface area contributed by atoms with Gasteiger partial charge in [0.2, 0.25) is 0 Å². The molecule has 0 saturated heterocycles. The van der Waals surface area contributed by atoms with Gasteiger partial charge in [0.1, 0.15) is 11.3 Å². The fourth-order valence-corrected chi connectivity index (χ4v) is 4.47.